The number of hydrogen-bond acceptors (Lipinski definition) is 4. The molecule has 20 heavy (non-hydrogen) atoms. The van der Waals surface area contributed by atoms with Crippen molar-refractivity contribution in [2.75, 3.05) is 11.9 Å². The Balaban J connectivity index is 1.84. The summed E-state index contributed by atoms with van der Waals surface area (Å²) in [7, 11) is 0. The van der Waals surface area contributed by atoms with Crippen LogP contribution in [-0.2, 0) is 0 Å². The predicted molar refractivity (Wildman–Crippen MR) is 74.7 cm³/mol. The monoisotopic (exact) mass is 295 g/mol. The summed E-state index contributed by atoms with van der Waals surface area (Å²) in [5.74, 6) is 0.913. The first-order chi connectivity index (χ1) is 9.54. The summed E-state index contributed by atoms with van der Waals surface area (Å²) in [4.78, 5) is 11.6. The molecule has 1 aromatic heterocycles. The van der Waals surface area contributed by atoms with Gasteiger partial charge in [-0.2, -0.15) is 0 Å². The van der Waals surface area contributed by atoms with Crippen molar-refractivity contribution in [3.8, 4) is 0 Å². The fourth-order valence-electron chi connectivity index (χ4n) is 1.61. The number of nitrogens with one attached hydrogen (secondary N) is 2. The van der Waals surface area contributed by atoms with Gasteiger partial charge in [0.1, 0.15) is 5.76 Å². The summed E-state index contributed by atoms with van der Waals surface area (Å²) in [6, 6.07) is 7.94. The second-order valence-corrected chi connectivity index (χ2v) is 4.67. The van der Waals surface area contributed by atoms with Gasteiger partial charge in [0, 0.05) is 17.6 Å². The zero-order valence-electron chi connectivity index (χ0n) is 10.8. The first-order valence-corrected chi connectivity index (χ1v) is 6.34. The smallest absolute Gasteiger partial charge is 0.320 e. The Kier molecular flexibility index (Phi) is 4.60. The topological polar surface area (TPSA) is 87.4 Å². The molecule has 0 spiro atoms. The summed E-state index contributed by atoms with van der Waals surface area (Å²) in [6.07, 6.45) is -0.835. The van der Waals surface area contributed by atoms with Gasteiger partial charge in [-0.05, 0) is 24.6 Å². The molecular weight excluding hydrogens is 282 g/mol. The normalized spacial score (nSPS) is 11.9. The van der Waals surface area contributed by atoms with Crippen LogP contribution in [0.25, 0.3) is 0 Å². The molecule has 0 aliphatic carbocycles. The molecule has 0 bridgehead atoms. The quantitative estimate of drug-likeness (QED) is 0.808. The average Bonchev–Trinajstić information content (AvgIpc) is 2.81. The van der Waals surface area contributed by atoms with Crippen LogP contribution in [0.2, 0.25) is 5.02 Å². The molecule has 2 amide bonds. The molecule has 1 atom stereocenters. The van der Waals surface area contributed by atoms with Crippen LogP contribution in [0.3, 0.4) is 0 Å². The van der Waals surface area contributed by atoms with Gasteiger partial charge in [-0.3, -0.25) is 5.32 Å². The number of urea groups is 1. The molecule has 6 nitrogen and oxygen atoms in total. The fraction of sp³-hybridized carbons (Fsp3) is 0.231. The van der Waals surface area contributed by atoms with Crippen molar-refractivity contribution < 1.29 is 14.4 Å². The maximum absolute atomic E-state index is 11.6. The number of rotatable bonds is 4. The third kappa shape index (κ3) is 3.97. The number of carbonyl (C=O) groups is 1. The van der Waals surface area contributed by atoms with E-state index in [0.29, 0.717) is 22.2 Å². The lowest BCUT2D eigenvalue weighted by atomic mass is 10.1. The van der Waals surface area contributed by atoms with E-state index in [0.717, 1.165) is 0 Å². The largest absolute Gasteiger partial charge is 0.387 e. The van der Waals surface area contributed by atoms with Crippen LogP contribution in [0.4, 0.5) is 10.6 Å². The van der Waals surface area contributed by atoms with Gasteiger partial charge in [-0.1, -0.05) is 28.9 Å². The molecule has 7 heteroatoms. The lowest BCUT2D eigenvalue weighted by Crippen LogP contribution is -2.32. The lowest BCUT2D eigenvalue weighted by molar-refractivity contribution is 0.175. The van der Waals surface area contributed by atoms with Crippen LogP contribution in [-0.4, -0.2) is 22.8 Å². The number of halogens is 1. The van der Waals surface area contributed by atoms with Gasteiger partial charge < -0.3 is 14.9 Å². The molecule has 0 saturated carbocycles. The molecule has 0 aliphatic heterocycles. The van der Waals surface area contributed by atoms with E-state index < -0.39 is 12.1 Å². The van der Waals surface area contributed by atoms with E-state index in [-0.39, 0.29) is 6.54 Å². The number of anilines is 1. The highest BCUT2D eigenvalue weighted by molar-refractivity contribution is 6.30. The first kappa shape index (κ1) is 14.4. The van der Waals surface area contributed by atoms with E-state index in [1.807, 2.05) is 0 Å². The minimum Gasteiger partial charge on any atom is -0.387 e. The van der Waals surface area contributed by atoms with E-state index in [9.17, 15) is 9.90 Å². The van der Waals surface area contributed by atoms with Gasteiger partial charge in [0.25, 0.3) is 0 Å². The number of aromatic nitrogens is 1. The molecule has 1 unspecified atom stereocenters. The molecule has 0 aliphatic rings. The molecule has 1 aromatic carbocycles. The summed E-state index contributed by atoms with van der Waals surface area (Å²) < 4.78 is 4.82. The zero-order valence-corrected chi connectivity index (χ0v) is 11.5. The summed E-state index contributed by atoms with van der Waals surface area (Å²) in [6.45, 7) is 1.78. The number of aryl methyl sites for hydroxylation is 1. The number of nitrogens with zero attached hydrogens (tertiary/aromatic N) is 1. The van der Waals surface area contributed by atoms with Gasteiger partial charge in [0.15, 0.2) is 5.82 Å². The number of aliphatic hydroxyl groups is 1. The Bertz CT molecular complexity index is 600. The number of aliphatic hydroxyl groups excluding tert-OH is 1. The number of benzene rings is 1. The number of carbonyl (C=O) groups excluding carboxylic acids is 1. The highest BCUT2D eigenvalue weighted by Gasteiger charge is 2.11. The molecule has 2 rings (SSSR count). The van der Waals surface area contributed by atoms with E-state index in [4.69, 9.17) is 16.1 Å². The third-order valence-electron chi connectivity index (χ3n) is 2.56. The molecule has 1 heterocycles. The zero-order chi connectivity index (χ0) is 14.5. The van der Waals surface area contributed by atoms with Crippen LogP contribution in [0, 0.1) is 6.92 Å². The second kappa shape index (κ2) is 6.40. The highest BCUT2D eigenvalue weighted by atomic mass is 35.5. The van der Waals surface area contributed by atoms with Crippen molar-refractivity contribution in [2.45, 2.75) is 13.0 Å². The van der Waals surface area contributed by atoms with Crippen molar-refractivity contribution in [1.82, 2.24) is 10.5 Å². The van der Waals surface area contributed by atoms with Crippen molar-refractivity contribution in [1.29, 1.82) is 0 Å². The Hall–Kier alpha value is -2.05. The first-order valence-electron chi connectivity index (χ1n) is 5.96. The Labute approximate surface area is 120 Å². The van der Waals surface area contributed by atoms with Gasteiger partial charge in [-0.15, -0.1) is 0 Å². The SMILES string of the molecule is Cc1cc(NC(=O)NCC(O)c2cccc(Cl)c2)no1. The molecule has 0 fully saturated rings. The minimum absolute atomic E-state index is 0.0585. The molecule has 3 N–H and O–H groups in total. The minimum atomic E-state index is -0.835. The van der Waals surface area contributed by atoms with Gasteiger partial charge in [0.2, 0.25) is 0 Å². The summed E-state index contributed by atoms with van der Waals surface area (Å²) in [5.41, 5.74) is 0.634. The fourth-order valence-corrected chi connectivity index (χ4v) is 1.81. The van der Waals surface area contributed by atoms with Crippen LogP contribution in [0.5, 0.6) is 0 Å². The Morgan fingerprint density at radius 3 is 2.95 bits per heavy atom. The lowest BCUT2D eigenvalue weighted by Gasteiger charge is -2.12. The summed E-state index contributed by atoms with van der Waals surface area (Å²) >= 11 is 5.83. The molecule has 106 valence electrons. The Morgan fingerprint density at radius 2 is 2.30 bits per heavy atom. The predicted octanol–water partition coefficient (Wildman–Crippen LogP) is 2.49. The highest BCUT2D eigenvalue weighted by Crippen LogP contribution is 2.17. The number of amides is 2. The van der Waals surface area contributed by atoms with E-state index in [1.54, 1.807) is 37.3 Å². The van der Waals surface area contributed by atoms with Gasteiger partial charge in [-0.25, -0.2) is 4.79 Å². The standard InChI is InChI=1S/C13H14ClN3O3/c1-8-5-12(17-20-8)16-13(19)15-7-11(18)9-3-2-4-10(14)6-9/h2-6,11,18H,7H2,1H3,(H2,15,16,17,19). The van der Waals surface area contributed by atoms with Crippen molar-refractivity contribution in [3.63, 3.8) is 0 Å². The molecule has 0 radical (unpaired) electrons. The van der Waals surface area contributed by atoms with Gasteiger partial charge >= 0.3 is 6.03 Å². The average molecular weight is 296 g/mol. The van der Waals surface area contributed by atoms with Crippen LogP contribution in [0.15, 0.2) is 34.9 Å². The van der Waals surface area contributed by atoms with Crippen molar-refractivity contribution in [2.24, 2.45) is 0 Å². The van der Waals surface area contributed by atoms with Gasteiger partial charge in [0.05, 0.1) is 6.10 Å². The molecule has 0 saturated heterocycles. The third-order valence-corrected chi connectivity index (χ3v) is 2.79. The van der Waals surface area contributed by atoms with E-state index in [1.165, 1.54) is 0 Å². The second-order valence-electron chi connectivity index (χ2n) is 4.23. The number of hydrogen-bond donors (Lipinski definition) is 3. The maximum atomic E-state index is 11.6. The van der Waals surface area contributed by atoms with E-state index in [2.05, 4.69) is 15.8 Å². The van der Waals surface area contributed by atoms with Crippen LogP contribution in [0.1, 0.15) is 17.4 Å². The summed E-state index contributed by atoms with van der Waals surface area (Å²) in [5, 5.41) is 19.1. The van der Waals surface area contributed by atoms with Crippen LogP contribution >= 0.6 is 11.6 Å². The van der Waals surface area contributed by atoms with Crippen molar-refractivity contribution in [3.05, 3.63) is 46.7 Å². The Morgan fingerprint density at radius 1 is 1.50 bits per heavy atom. The van der Waals surface area contributed by atoms with E-state index >= 15 is 0 Å². The molecular formula is C13H14ClN3O3. The maximum Gasteiger partial charge on any atom is 0.320 e. The van der Waals surface area contributed by atoms with Crippen molar-refractivity contribution >= 4 is 23.4 Å². The molecule has 2 aromatic rings. The van der Waals surface area contributed by atoms with Crippen LogP contribution < -0.4 is 10.6 Å².